The summed E-state index contributed by atoms with van der Waals surface area (Å²) in [6, 6.07) is 18.6. The molecule has 0 aliphatic heterocycles. The lowest BCUT2D eigenvalue weighted by atomic mass is 9.92. The van der Waals surface area contributed by atoms with Gasteiger partial charge in [0.1, 0.15) is 17.6 Å². The fraction of sp³-hybridized carbons (Fsp3) is 0.280. The SMILES string of the molecule is CCn1cc(OCC2(c3ccccc3)CC2C(=O)Cc2ccc(C#N)cn2)ccc1=O. The van der Waals surface area contributed by atoms with E-state index in [0.717, 1.165) is 5.56 Å². The summed E-state index contributed by atoms with van der Waals surface area (Å²) in [4.78, 5) is 29.1. The van der Waals surface area contributed by atoms with Gasteiger partial charge in [-0.2, -0.15) is 5.26 Å². The number of Topliss-reactive ketones (excluding diaryl/α,β-unsaturated/α-hetero) is 1. The summed E-state index contributed by atoms with van der Waals surface area (Å²) in [6.07, 6.45) is 4.14. The molecule has 1 fully saturated rings. The first-order valence-corrected chi connectivity index (χ1v) is 10.3. The van der Waals surface area contributed by atoms with Gasteiger partial charge >= 0.3 is 0 Å². The number of nitriles is 1. The van der Waals surface area contributed by atoms with Gasteiger partial charge in [0, 0.05) is 48.5 Å². The van der Waals surface area contributed by atoms with Crippen LogP contribution in [-0.2, 0) is 23.2 Å². The van der Waals surface area contributed by atoms with Crippen molar-refractivity contribution in [3.8, 4) is 11.8 Å². The summed E-state index contributed by atoms with van der Waals surface area (Å²) in [5.74, 6) is 0.566. The van der Waals surface area contributed by atoms with Crippen molar-refractivity contribution in [3.63, 3.8) is 0 Å². The van der Waals surface area contributed by atoms with E-state index in [2.05, 4.69) is 4.98 Å². The highest BCUT2D eigenvalue weighted by Gasteiger charge is 2.59. The Morgan fingerprint density at radius 1 is 1.23 bits per heavy atom. The highest BCUT2D eigenvalue weighted by Crippen LogP contribution is 2.55. The first-order chi connectivity index (χ1) is 15.1. The van der Waals surface area contributed by atoms with Crippen LogP contribution in [0.1, 0.15) is 30.2 Å². The Hall–Kier alpha value is -3.72. The van der Waals surface area contributed by atoms with Crippen molar-refractivity contribution in [1.82, 2.24) is 9.55 Å². The molecular formula is C25H23N3O3. The summed E-state index contributed by atoms with van der Waals surface area (Å²) < 4.78 is 7.68. The second-order valence-electron chi connectivity index (χ2n) is 7.85. The van der Waals surface area contributed by atoms with E-state index in [1.54, 1.807) is 29.0 Å². The third kappa shape index (κ3) is 4.26. The molecule has 0 N–H and O–H groups in total. The number of aryl methyl sites for hydroxylation is 1. The van der Waals surface area contributed by atoms with Crippen LogP contribution in [0.2, 0.25) is 0 Å². The molecule has 0 spiro atoms. The Morgan fingerprint density at radius 3 is 2.71 bits per heavy atom. The number of ether oxygens (including phenoxy) is 1. The van der Waals surface area contributed by atoms with E-state index in [-0.39, 0.29) is 23.7 Å². The van der Waals surface area contributed by atoms with Gasteiger partial charge in [0.2, 0.25) is 0 Å². The lowest BCUT2D eigenvalue weighted by Crippen LogP contribution is -2.25. The van der Waals surface area contributed by atoms with Gasteiger partial charge in [0.05, 0.1) is 12.2 Å². The van der Waals surface area contributed by atoms with E-state index in [1.165, 1.54) is 12.3 Å². The number of benzene rings is 1. The van der Waals surface area contributed by atoms with Gasteiger partial charge in [0.15, 0.2) is 0 Å². The van der Waals surface area contributed by atoms with E-state index in [0.29, 0.717) is 36.6 Å². The molecule has 0 bridgehead atoms. The van der Waals surface area contributed by atoms with Crippen LogP contribution in [-0.4, -0.2) is 21.9 Å². The predicted octanol–water partition coefficient (Wildman–Crippen LogP) is 3.28. The maximum absolute atomic E-state index is 13.1. The normalized spacial score (nSPS) is 19.4. The van der Waals surface area contributed by atoms with Crippen LogP contribution in [0.5, 0.6) is 5.75 Å². The standard InChI is InChI=1S/C25H23N3O3/c1-2-28-16-21(10-11-24(28)30)31-17-25(19-6-4-3-5-7-19)13-22(25)23(29)12-20-9-8-18(14-26)15-27-20/h3-11,15-16,22H,2,12-13,17H2,1H3. The molecule has 0 radical (unpaired) electrons. The maximum Gasteiger partial charge on any atom is 0.250 e. The van der Waals surface area contributed by atoms with Gasteiger partial charge in [-0.15, -0.1) is 0 Å². The zero-order valence-electron chi connectivity index (χ0n) is 17.3. The fourth-order valence-corrected chi connectivity index (χ4v) is 4.01. The van der Waals surface area contributed by atoms with Gasteiger partial charge in [-0.3, -0.25) is 14.6 Å². The monoisotopic (exact) mass is 413 g/mol. The zero-order valence-corrected chi connectivity index (χ0v) is 17.3. The second kappa shape index (κ2) is 8.57. The Labute approximate surface area is 180 Å². The molecule has 3 aromatic rings. The van der Waals surface area contributed by atoms with Crippen LogP contribution in [0.15, 0.2) is 71.8 Å². The van der Waals surface area contributed by atoms with Gasteiger partial charge in [-0.25, -0.2) is 0 Å². The van der Waals surface area contributed by atoms with Gasteiger partial charge in [-0.1, -0.05) is 30.3 Å². The zero-order chi connectivity index (χ0) is 21.8. The lowest BCUT2D eigenvalue weighted by Gasteiger charge is -2.19. The number of nitrogens with zero attached hydrogens (tertiary/aromatic N) is 3. The molecular weight excluding hydrogens is 390 g/mol. The molecule has 156 valence electrons. The minimum absolute atomic E-state index is 0.0676. The molecule has 0 saturated heterocycles. The fourth-order valence-electron chi connectivity index (χ4n) is 4.01. The summed E-state index contributed by atoms with van der Waals surface area (Å²) in [5, 5.41) is 8.91. The van der Waals surface area contributed by atoms with Crippen LogP contribution in [0, 0.1) is 17.2 Å². The van der Waals surface area contributed by atoms with Gasteiger partial charge in [-0.05, 0) is 37.1 Å². The predicted molar refractivity (Wildman–Crippen MR) is 116 cm³/mol. The molecule has 2 unspecified atom stereocenters. The van der Waals surface area contributed by atoms with Crippen LogP contribution < -0.4 is 10.3 Å². The molecule has 2 heterocycles. The van der Waals surface area contributed by atoms with Gasteiger partial charge < -0.3 is 9.30 Å². The average Bonchev–Trinajstić information content (AvgIpc) is 3.56. The maximum atomic E-state index is 13.1. The van der Waals surface area contributed by atoms with Crippen LogP contribution in [0.3, 0.4) is 0 Å². The molecule has 2 aromatic heterocycles. The van der Waals surface area contributed by atoms with Crippen LogP contribution in [0.4, 0.5) is 0 Å². The number of hydrogen-bond donors (Lipinski definition) is 0. The number of carbonyl (C=O) groups excluding carboxylic acids is 1. The highest BCUT2D eigenvalue weighted by atomic mass is 16.5. The Morgan fingerprint density at radius 2 is 2.03 bits per heavy atom. The van der Waals surface area contributed by atoms with E-state index < -0.39 is 5.41 Å². The number of carbonyl (C=O) groups is 1. The topological polar surface area (TPSA) is 85.0 Å². The Kier molecular flexibility index (Phi) is 5.68. The molecule has 6 heteroatoms. The van der Waals surface area contributed by atoms with Crippen molar-refractivity contribution in [3.05, 3.63) is 94.2 Å². The largest absolute Gasteiger partial charge is 0.491 e. The minimum atomic E-state index is -0.391. The van der Waals surface area contributed by atoms with Crippen molar-refractivity contribution in [2.45, 2.75) is 31.7 Å². The molecule has 1 aliphatic rings. The molecule has 1 saturated carbocycles. The third-order valence-corrected chi connectivity index (χ3v) is 5.92. The molecule has 1 aromatic carbocycles. The van der Waals surface area contributed by atoms with Crippen molar-refractivity contribution >= 4 is 5.78 Å². The quantitative estimate of drug-likeness (QED) is 0.566. The Balaban J connectivity index is 1.52. The van der Waals surface area contributed by atoms with E-state index >= 15 is 0 Å². The number of rotatable bonds is 8. The van der Waals surface area contributed by atoms with Gasteiger partial charge in [0.25, 0.3) is 5.56 Å². The number of aromatic nitrogens is 2. The molecule has 31 heavy (non-hydrogen) atoms. The average molecular weight is 413 g/mol. The van der Waals surface area contributed by atoms with E-state index in [4.69, 9.17) is 10.00 Å². The summed E-state index contributed by atoms with van der Waals surface area (Å²) in [6.45, 7) is 2.83. The number of hydrogen-bond acceptors (Lipinski definition) is 5. The second-order valence-corrected chi connectivity index (χ2v) is 7.85. The summed E-state index contributed by atoms with van der Waals surface area (Å²) in [5.41, 5.74) is 1.75. The molecule has 1 aliphatic carbocycles. The number of pyridine rings is 2. The highest BCUT2D eigenvalue weighted by molar-refractivity contribution is 5.88. The number of ketones is 1. The molecule has 0 amide bonds. The van der Waals surface area contributed by atoms with Crippen molar-refractivity contribution in [1.29, 1.82) is 5.26 Å². The summed E-state index contributed by atoms with van der Waals surface area (Å²) >= 11 is 0. The minimum Gasteiger partial charge on any atom is -0.491 e. The molecule has 6 nitrogen and oxygen atoms in total. The first-order valence-electron chi connectivity index (χ1n) is 10.3. The van der Waals surface area contributed by atoms with Crippen LogP contribution in [0.25, 0.3) is 0 Å². The van der Waals surface area contributed by atoms with Crippen molar-refractivity contribution < 1.29 is 9.53 Å². The Bertz CT molecular complexity index is 1180. The lowest BCUT2D eigenvalue weighted by molar-refractivity contribution is -0.120. The van der Waals surface area contributed by atoms with E-state index in [9.17, 15) is 9.59 Å². The van der Waals surface area contributed by atoms with Crippen LogP contribution >= 0.6 is 0 Å². The smallest absolute Gasteiger partial charge is 0.250 e. The van der Waals surface area contributed by atoms with E-state index in [1.807, 2.05) is 43.3 Å². The molecule has 4 rings (SSSR count). The third-order valence-electron chi connectivity index (χ3n) is 5.92. The summed E-state index contributed by atoms with van der Waals surface area (Å²) in [7, 11) is 0. The molecule has 2 atom stereocenters. The van der Waals surface area contributed by atoms with Crippen molar-refractivity contribution in [2.24, 2.45) is 5.92 Å². The van der Waals surface area contributed by atoms with Crippen molar-refractivity contribution in [2.75, 3.05) is 6.61 Å². The first kappa shape index (κ1) is 20.5.